The Kier molecular flexibility index (Phi) is 4.10. The molecule has 6 nitrogen and oxygen atoms in total. The molecule has 3 heterocycles. The molecule has 1 fully saturated rings. The van der Waals surface area contributed by atoms with Gasteiger partial charge in [0, 0.05) is 24.2 Å². The summed E-state index contributed by atoms with van der Waals surface area (Å²) in [5.74, 6) is 0.974. The van der Waals surface area contributed by atoms with E-state index in [1.165, 1.54) is 0 Å². The number of hydrogen-bond acceptors (Lipinski definition) is 6. The molecule has 7 heteroatoms. The highest BCUT2D eigenvalue weighted by molar-refractivity contribution is 7.13. The van der Waals surface area contributed by atoms with Crippen molar-refractivity contribution in [1.82, 2.24) is 15.0 Å². The average molecular weight is 341 g/mol. The van der Waals surface area contributed by atoms with Crippen molar-refractivity contribution >= 4 is 17.2 Å². The molecule has 0 N–H and O–H groups in total. The molecule has 4 rings (SSSR count). The number of carbonyl (C=O) groups excluding carboxylic acids is 1. The Morgan fingerprint density at radius 1 is 1.17 bits per heavy atom. The van der Waals surface area contributed by atoms with Gasteiger partial charge in [-0.1, -0.05) is 23.4 Å². The van der Waals surface area contributed by atoms with Crippen molar-refractivity contribution in [3.05, 3.63) is 47.3 Å². The summed E-state index contributed by atoms with van der Waals surface area (Å²) < 4.78 is 10.6. The molecule has 0 unspecified atom stereocenters. The second-order valence-corrected chi connectivity index (χ2v) is 6.33. The summed E-state index contributed by atoms with van der Waals surface area (Å²) in [4.78, 5) is 19.7. The first kappa shape index (κ1) is 15.0. The molecule has 0 saturated carbocycles. The zero-order chi connectivity index (χ0) is 16.4. The molecule has 1 saturated heterocycles. The minimum absolute atomic E-state index is 0.00197. The van der Waals surface area contributed by atoms with Crippen LogP contribution in [-0.4, -0.2) is 47.3 Å². The van der Waals surface area contributed by atoms with Gasteiger partial charge in [0.2, 0.25) is 5.82 Å². The predicted octanol–water partition coefficient (Wildman–Crippen LogP) is 2.94. The number of morpholine rings is 1. The van der Waals surface area contributed by atoms with Gasteiger partial charge in [-0.15, -0.1) is 11.3 Å². The van der Waals surface area contributed by atoms with Crippen molar-refractivity contribution in [1.29, 1.82) is 0 Å². The molecule has 122 valence electrons. The molecular formula is C17H15N3O3S. The SMILES string of the molecule is O=C(c1cccc(-c2noc(-c3cccs3)n2)c1)N1CCOCC1. The van der Waals surface area contributed by atoms with E-state index in [4.69, 9.17) is 9.26 Å². The molecule has 1 aliphatic rings. The highest BCUT2D eigenvalue weighted by Gasteiger charge is 2.19. The van der Waals surface area contributed by atoms with Crippen molar-refractivity contribution < 1.29 is 14.1 Å². The minimum atomic E-state index is 0.00197. The summed E-state index contributed by atoms with van der Waals surface area (Å²) in [7, 11) is 0. The fraction of sp³-hybridized carbons (Fsp3) is 0.235. The van der Waals surface area contributed by atoms with E-state index in [2.05, 4.69) is 10.1 Å². The van der Waals surface area contributed by atoms with E-state index < -0.39 is 0 Å². The molecule has 2 aromatic heterocycles. The van der Waals surface area contributed by atoms with Crippen molar-refractivity contribution in [2.24, 2.45) is 0 Å². The molecule has 24 heavy (non-hydrogen) atoms. The molecular weight excluding hydrogens is 326 g/mol. The van der Waals surface area contributed by atoms with Crippen molar-refractivity contribution in [2.45, 2.75) is 0 Å². The molecule has 0 aliphatic carbocycles. The van der Waals surface area contributed by atoms with Gasteiger partial charge >= 0.3 is 0 Å². The first-order valence-corrected chi connectivity index (χ1v) is 8.54. The average Bonchev–Trinajstić information content (AvgIpc) is 3.33. The normalized spacial score (nSPS) is 14.8. The van der Waals surface area contributed by atoms with Crippen LogP contribution in [0.4, 0.5) is 0 Å². The molecule has 0 radical (unpaired) electrons. The maximum Gasteiger partial charge on any atom is 0.268 e. The molecule has 0 atom stereocenters. The summed E-state index contributed by atoms with van der Waals surface area (Å²) in [5, 5.41) is 5.99. The van der Waals surface area contributed by atoms with Crippen LogP contribution in [0.2, 0.25) is 0 Å². The Morgan fingerprint density at radius 2 is 2.04 bits per heavy atom. The zero-order valence-corrected chi connectivity index (χ0v) is 13.7. The zero-order valence-electron chi connectivity index (χ0n) is 12.8. The van der Waals surface area contributed by atoms with Crippen LogP contribution >= 0.6 is 11.3 Å². The lowest BCUT2D eigenvalue weighted by atomic mass is 10.1. The van der Waals surface area contributed by atoms with E-state index in [-0.39, 0.29) is 5.91 Å². The Hall–Kier alpha value is -2.51. The Labute approximate surface area is 142 Å². The van der Waals surface area contributed by atoms with Crippen LogP contribution in [0.3, 0.4) is 0 Å². The van der Waals surface area contributed by atoms with Gasteiger partial charge in [-0.2, -0.15) is 4.98 Å². The number of carbonyl (C=O) groups is 1. The van der Waals surface area contributed by atoms with Gasteiger partial charge in [-0.25, -0.2) is 0 Å². The maximum absolute atomic E-state index is 12.6. The molecule has 0 spiro atoms. The molecule has 1 amide bonds. The Bertz CT molecular complexity index is 838. The highest BCUT2D eigenvalue weighted by atomic mass is 32.1. The second kappa shape index (κ2) is 6.54. The molecule has 3 aromatic rings. The van der Waals surface area contributed by atoms with Crippen LogP contribution in [-0.2, 0) is 4.74 Å². The first-order valence-electron chi connectivity index (χ1n) is 7.66. The van der Waals surface area contributed by atoms with E-state index in [0.29, 0.717) is 43.6 Å². The van der Waals surface area contributed by atoms with Crippen LogP contribution < -0.4 is 0 Å². The third-order valence-corrected chi connectivity index (χ3v) is 4.68. The number of benzene rings is 1. The quantitative estimate of drug-likeness (QED) is 0.733. The van der Waals surface area contributed by atoms with Crippen LogP contribution in [0.5, 0.6) is 0 Å². The summed E-state index contributed by atoms with van der Waals surface area (Å²) in [6.07, 6.45) is 0. The van der Waals surface area contributed by atoms with Gasteiger partial charge in [0.25, 0.3) is 11.8 Å². The third-order valence-electron chi connectivity index (χ3n) is 3.82. The summed E-state index contributed by atoms with van der Waals surface area (Å²) in [5.41, 5.74) is 1.39. The Balaban J connectivity index is 1.59. The van der Waals surface area contributed by atoms with Crippen LogP contribution in [0.1, 0.15) is 10.4 Å². The Morgan fingerprint density at radius 3 is 2.83 bits per heavy atom. The van der Waals surface area contributed by atoms with Crippen LogP contribution in [0.25, 0.3) is 22.2 Å². The number of aromatic nitrogens is 2. The largest absolute Gasteiger partial charge is 0.378 e. The fourth-order valence-corrected chi connectivity index (χ4v) is 3.23. The molecule has 1 aromatic carbocycles. The molecule has 1 aliphatic heterocycles. The lowest BCUT2D eigenvalue weighted by Gasteiger charge is -2.26. The topological polar surface area (TPSA) is 68.5 Å². The first-order chi connectivity index (χ1) is 11.8. The van der Waals surface area contributed by atoms with E-state index in [0.717, 1.165) is 10.4 Å². The fourth-order valence-electron chi connectivity index (χ4n) is 2.58. The number of ether oxygens (including phenoxy) is 1. The monoisotopic (exact) mass is 341 g/mol. The summed E-state index contributed by atoms with van der Waals surface area (Å²) in [6, 6.07) is 11.2. The van der Waals surface area contributed by atoms with E-state index in [9.17, 15) is 4.79 Å². The number of amides is 1. The predicted molar refractivity (Wildman–Crippen MR) is 89.8 cm³/mol. The van der Waals surface area contributed by atoms with Gasteiger partial charge in [-0.05, 0) is 23.6 Å². The van der Waals surface area contributed by atoms with Crippen molar-refractivity contribution in [3.63, 3.8) is 0 Å². The number of nitrogens with zero attached hydrogens (tertiary/aromatic N) is 3. The van der Waals surface area contributed by atoms with Gasteiger partial charge < -0.3 is 14.2 Å². The van der Waals surface area contributed by atoms with Gasteiger partial charge in [0.1, 0.15) is 0 Å². The van der Waals surface area contributed by atoms with E-state index in [1.807, 2.05) is 35.7 Å². The number of rotatable bonds is 3. The lowest BCUT2D eigenvalue weighted by molar-refractivity contribution is 0.0303. The standard InChI is InChI=1S/C17H15N3O3S/c21-17(20-6-8-22-9-7-20)13-4-1-3-12(11-13)15-18-16(23-19-15)14-5-2-10-24-14/h1-5,10-11H,6-9H2. The lowest BCUT2D eigenvalue weighted by Crippen LogP contribution is -2.40. The van der Waals surface area contributed by atoms with Crippen molar-refractivity contribution in [2.75, 3.05) is 26.3 Å². The van der Waals surface area contributed by atoms with Gasteiger partial charge in [0.05, 0.1) is 18.1 Å². The van der Waals surface area contributed by atoms with E-state index >= 15 is 0 Å². The van der Waals surface area contributed by atoms with Gasteiger partial charge in [-0.3, -0.25) is 4.79 Å². The summed E-state index contributed by atoms with van der Waals surface area (Å²) in [6.45, 7) is 2.41. The second-order valence-electron chi connectivity index (χ2n) is 5.39. The third kappa shape index (κ3) is 2.95. The van der Waals surface area contributed by atoms with E-state index in [1.54, 1.807) is 22.3 Å². The molecule has 0 bridgehead atoms. The van der Waals surface area contributed by atoms with Crippen LogP contribution in [0.15, 0.2) is 46.3 Å². The summed E-state index contributed by atoms with van der Waals surface area (Å²) >= 11 is 1.54. The highest BCUT2D eigenvalue weighted by Crippen LogP contribution is 2.26. The number of hydrogen-bond donors (Lipinski definition) is 0. The number of thiophene rings is 1. The minimum Gasteiger partial charge on any atom is -0.378 e. The van der Waals surface area contributed by atoms with Crippen molar-refractivity contribution in [3.8, 4) is 22.2 Å². The maximum atomic E-state index is 12.6. The van der Waals surface area contributed by atoms with Gasteiger partial charge in [0.15, 0.2) is 0 Å². The smallest absolute Gasteiger partial charge is 0.268 e. The van der Waals surface area contributed by atoms with Crippen LogP contribution in [0, 0.1) is 0 Å².